The van der Waals surface area contributed by atoms with Gasteiger partial charge in [-0.05, 0) is 88.0 Å². The average Bonchev–Trinajstić information content (AvgIpc) is 3.22. The van der Waals surface area contributed by atoms with Crippen molar-refractivity contribution in [1.82, 2.24) is 4.57 Å². The maximum absolute atomic E-state index is 13.7. The zero-order chi connectivity index (χ0) is 24.6. The minimum Gasteiger partial charge on any atom is -0.309 e. The molecule has 5 aromatic carbocycles. The molecule has 0 radical (unpaired) electrons. The van der Waals surface area contributed by atoms with Crippen molar-refractivity contribution in [2.75, 3.05) is 0 Å². The van der Waals surface area contributed by atoms with E-state index in [1.54, 1.807) is 0 Å². The Balaban J connectivity index is 1.61. The van der Waals surface area contributed by atoms with E-state index in [0.29, 0.717) is 0 Å². The van der Waals surface area contributed by atoms with Crippen LogP contribution in [0.4, 0.5) is 8.78 Å². The first-order chi connectivity index (χ1) is 17.4. The molecule has 1 nitrogen and oxygen atoms in total. The summed E-state index contributed by atoms with van der Waals surface area (Å²) in [4.78, 5) is 0. The van der Waals surface area contributed by atoms with Crippen LogP contribution in [0.5, 0.6) is 0 Å². The van der Waals surface area contributed by atoms with Crippen LogP contribution < -0.4 is 0 Å². The highest BCUT2D eigenvalue weighted by Crippen LogP contribution is 2.49. The summed E-state index contributed by atoms with van der Waals surface area (Å²) in [5.41, 5.74) is 9.91. The summed E-state index contributed by atoms with van der Waals surface area (Å²) in [5, 5.41) is 2.30. The van der Waals surface area contributed by atoms with Crippen LogP contribution in [-0.4, -0.2) is 4.57 Å². The second-order valence-corrected chi connectivity index (χ2v) is 10.1. The van der Waals surface area contributed by atoms with Crippen molar-refractivity contribution < 1.29 is 8.78 Å². The van der Waals surface area contributed by atoms with Gasteiger partial charge in [-0.15, -0.1) is 0 Å². The Kier molecular flexibility index (Phi) is 4.32. The molecule has 174 valence electrons. The van der Waals surface area contributed by atoms with E-state index in [-0.39, 0.29) is 17.0 Å². The van der Waals surface area contributed by atoms with Crippen LogP contribution in [0.2, 0.25) is 0 Å². The summed E-state index contributed by atoms with van der Waals surface area (Å²) in [6.45, 7) is 4.56. The molecule has 0 spiro atoms. The van der Waals surface area contributed by atoms with Gasteiger partial charge in [0.05, 0.1) is 16.7 Å². The van der Waals surface area contributed by atoms with Gasteiger partial charge in [-0.3, -0.25) is 0 Å². The van der Waals surface area contributed by atoms with Crippen LogP contribution in [0, 0.1) is 11.6 Å². The number of aromatic nitrogens is 1. The Morgan fingerprint density at radius 3 is 1.83 bits per heavy atom. The fourth-order valence-electron chi connectivity index (χ4n) is 5.85. The Bertz CT molecular complexity index is 1810. The standard InChI is InChI=1S/C33H23F2N/c1-33(2)28-5-3-4-6-31(28)36-30-16-11-22(20-7-12-24(34)13-8-20)17-26(30)27-18-23(19-29(33)32(27)36)21-9-14-25(35)15-10-21/h3-19H,1-2H3. The maximum atomic E-state index is 13.7. The summed E-state index contributed by atoms with van der Waals surface area (Å²) in [6, 6.07) is 33.0. The van der Waals surface area contributed by atoms with E-state index >= 15 is 0 Å². The van der Waals surface area contributed by atoms with Crippen molar-refractivity contribution in [3.05, 3.63) is 126 Å². The van der Waals surface area contributed by atoms with Gasteiger partial charge in [-0.1, -0.05) is 62.4 Å². The van der Waals surface area contributed by atoms with Crippen molar-refractivity contribution in [3.63, 3.8) is 0 Å². The Morgan fingerprint density at radius 1 is 0.556 bits per heavy atom. The van der Waals surface area contributed by atoms with Crippen molar-refractivity contribution in [2.45, 2.75) is 19.3 Å². The normalized spacial score (nSPS) is 13.8. The first-order valence-corrected chi connectivity index (χ1v) is 12.2. The Morgan fingerprint density at radius 2 is 1.14 bits per heavy atom. The molecule has 0 N–H and O–H groups in total. The van der Waals surface area contributed by atoms with Crippen molar-refractivity contribution >= 4 is 21.8 Å². The van der Waals surface area contributed by atoms with Gasteiger partial charge >= 0.3 is 0 Å². The van der Waals surface area contributed by atoms with Crippen LogP contribution in [0.1, 0.15) is 25.0 Å². The third-order valence-corrected chi connectivity index (χ3v) is 7.71. The number of rotatable bonds is 2. The van der Waals surface area contributed by atoms with Crippen molar-refractivity contribution in [2.24, 2.45) is 0 Å². The zero-order valence-corrected chi connectivity index (χ0v) is 20.0. The monoisotopic (exact) mass is 471 g/mol. The van der Waals surface area contributed by atoms with Crippen molar-refractivity contribution in [3.8, 4) is 27.9 Å². The summed E-state index contributed by atoms with van der Waals surface area (Å²) >= 11 is 0. The highest BCUT2D eigenvalue weighted by Gasteiger charge is 2.35. The summed E-state index contributed by atoms with van der Waals surface area (Å²) in [6.07, 6.45) is 0. The molecule has 0 saturated heterocycles. The largest absolute Gasteiger partial charge is 0.309 e. The molecule has 0 unspecified atom stereocenters. The molecule has 0 bridgehead atoms. The zero-order valence-electron chi connectivity index (χ0n) is 20.0. The number of para-hydroxylation sites is 1. The average molecular weight is 472 g/mol. The summed E-state index contributed by atoms with van der Waals surface area (Å²) < 4.78 is 29.7. The van der Waals surface area contributed by atoms with E-state index in [4.69, 9.17) is 0 Å². The number of nitrogens with zero attached hydrogens (tertiary/aromatic N) is 1. The molecule has 1 aliphatic heterocycles. The van der Waals surface area contributed by atoms with Crippen LogP contribution >= 0.6 is 0 Å². The minimum atomic E-state index is -0.241. The molecule has 0 aliphatic carbocycles. The number of fused-ring (bicyclic) bond motifs is 5. The first-order valence-electron chi connectivity index (χ1n) is 12.2. The lowest BCUT2D eigenvalue weighted by Crippen LogP contribution is -2.26. The lowest BCUT2D eigenvalue weighted by Gasteiger charge is -2.35. The van der Waals surface area contributed by atoms with Gasteiger partial charge < -0.3 is 4.57 Å². The summed E-state index contributed by atoms with van der Waals surface area (Å²) in [5.74, 6) is -0.481. The van der Waals surface area contributed by atoms with Gasteiger partial charge in [0.15, 0.2) is 0 Å². The maximum Gasteiger partial charge on any atom is 0.123 e. The van der Waals surface area contributed by atoms with Crippen LogP contribution in [0.3, 0.4) is 0 Å². The van der Waals surface area contributed by atoms with Gasteiger partial charge in [0.1, 0.15) is 11.6 Å². The quantitative estimate of drug-likeness (QED) is 0.237. The van der Waals surface area contributed by atoms with Crippen LogP contribution in [0.15, 0.2) is 103 Å². The molecule has 1 aromatic heterocycles. The molecule has 0 atom stereocenters. The fourth-order valence-corrected chi connectivity index (χ4v) is 5.85. The fraction of sp³-hybridized carbons (Fsp3) is 0.0909. The van der Waals surface area contributed by atoms with Gasteiger partial charge in [0, 0.05) is 16.2 Å². The molecule has 1 aliphatic rings. The lowest BCUT2D eigenvalue weighted by atomic mass is 9.74. The highest BCUT2D eigenvalue weighted by atomic mass is 19.1. The molecule has 6 aromatic rings. The van der Waals surface area contributed by atoms with Gasteiger partial charge in [0.2, 0.25) is 0 Å². The Labute approximate surface area is 208 Å². The lowest BCUT2D eigenvalue weighted by molar-refractivity contribution is 0.627. The topological polar surface area (TPSA) is 4.93 Å². The van der Waals surface area contributed by atoms with Crippen molar-refractivity contribution in [1.29, 1.82) is 0 Å². The van der Waals surface area contributed by atoms with Gasteiger partial charge in [0.25, 0.3) is 0 Å². The second-order valence-electron chi connectivity index (χ2n) is 10.1. The van der Waals surface area contributed by atoms with E-state index < -0.39 is 0 Å². The number of benzene rings is 5. The molecule has 36 heavy (non-hydrogen) atoms. The molecule has 3 heteroatoms. The summed E-state index contributed by atoms with van der Waals surface area (Å²) in [7, 11) is 0. The van der Waals surface area contributed by atoms with E-state index in [9.17, 15) is 8.78 Å². The number of hydrogen-bond donors (Lipinski definition) is 0. The van der Waals surface area contributed by atoms with Crippen LogP contribution in [0.25, 0.3) is 49.7 Å². The third-order valence-electron chi connectivity index (χ3n) is 7.71. The molecule has 7 rings (SSSR count). The molecular formula is C33H23F2N. The molecule has 0 saturated carbocycles. The Hall–Kier alpha value is -4.24. The molecule has 0 fully saturated rings. The minimum absolute atomic E-state index is 0.213. The van der Waals surface area contributed by atoms with E-state index in [0.717, 1.165) is 38.5 Å². The first kappa shape index (κ1) is 21.1. The highest BCUT2D eigenvalue weighted by molar-refractivity contribution is 6.13. The number of hydrogen-bond acceptors (Lipinski definition) is 0. The molecular weight excluding hydrogens is 448 g/mol. The third kappa shape index (κ3) is 2.92. The van der Waals surface area contributed by atoms with Gasteiger partial charge in [-0.25, -0.2) is 8.78 Å². The van der Waals surface area contributed by atoms with E-state index in [2.05, 4.69) is 73.0 Å². The smallest absolute Gasteiger partial charge is 0.123 e. The van der Waals surface area contributed by atoms with E-state index in [1.165, 1.54) is 46.6 Å². The molecule has 0 amide bonds. The molecule has 2 heterocycles. The number of halogens is 2. The van der Waals surface area contributed by atoms with Gasteiger partial charge in [-0.2, -0.15) is 0 Å². The second kappa shape index (κ2) is 7.38. The predicted molar refractivity (Wildman–Crippen MR) is 144 cm³/mol. The SMILES string of the molecule is CC1(C)c2ccccc2-n2c3ccc(-c4ccc(F)cc4)cc3c3cc(-c4ccc(F)cc4)cc1c32. The van der Waals surface area contributed by atoms with Crippen LogP contribution in [-0.2, 0) is 5.41 Å². The predicted octanol–water partition coefficient (Wildman–Crippen LogP) is 9.04. The van der Waals surface area contributed by atoms with E-state index in [1.807, 2.05) is 24.3 Å².